The molecular formula is C14H23BFNO3. The van der Waals surface area contributed by atoms with Crippen LogP contribution in [0.15, 0.2) is 11.3 Å². The highest BCUT2D eigenvalue weighted by Crippen LogP contribution is 2.42. The fourth-order valence-electron chi connectivity index (χ4n) is 2.38. The smallest absolute Gasteiger partial charge is 0.398 e. The third-order valence-corrected chi connectivity index (χ3v) is 4.51. The van der Waals surface area contributed by atoms with E-state index >= 15 is 0 Å². The summed E-state index contributed by atoms with van der Waals surface area (Å²) in [4.78, 5) is 10.8. The molecule has 4 nitrogen and oxygen atoms in total. The van der Waals surface area contributed by atoms with Crippen LogP contribution < -0.4 is 5.32 Å². The number of hydrogen-bond acceptors (Lipinski definition) is 3. The van der Waals surface area contributed by atoms with Crippen molar-refractivity contribution in [3.05, 3.63) is 11.3 Å². The summed E-state index contributed by atoms with van der Waals surface area (Å²) >= 11 is 0. The van der Waals surface area contributed by atoms with Crippen molar-refractivity contribution in [2.45, 2.75) is 58.7 Å². The summed E-state index contributed by atoms with van der Waals surface area (Å²) in [5.41, 5.74) is -0.578. The van der Waals surface area contributed by atoms with Crippen molar-refractivity contribution >= 4 is 13.0 Å². The van der Waals surface area contributed by atoms with E-state index in [0.29, 0.717) is 25.3 Å². The first-order valence-corrected chi connectivity index (χ1v) is 7.10. The van der Waals surface area contributed by atoms with Gasteiger partial charge >= 0.3 is 7.12 Å². The topological polar surface area (TPSA) is 47.6 Å². The number of halogens is 1. The maximum absolute atomic E-state index is 14.4. The van der Waals surface area contributed by atoms with Crippen molar-refractivity contribution in [3.8, 4) is 0 Å². The van der Waals surface area contributed by atoms with E-state index in [1.807, 2.05) is 27.7 Å². The van der Waals surface area contributed by atoms with Gasteiger partial charge in [-0.15, -0.1) is 0 Å². The quantitative estimate of drug-likeness (QED) is 0.809. The van der Waals surface area contributed by atoms with E-state index in [0.717, 1.165) is 5.57 Å². The lowest BCUT2D eigenvalue weighted by molar-refractivity contribution is -0.119. The Morgan fingerprint density at radius 1 is 1.30 bits per heavy atom. The van der Waals surface area contributed by atoms with Crippen LogP contribution in [0.25, 0.3) is 0 Å². The zero-order chi connectivity index (χ0) is 15.1. The van der Waals surface area contributed by atoms with Gasteiger partial charge in [-0.2, -0.15) is 0 Å². The first kappa shape index (κ1) is 15.5. The van der Waals surface area contributed by atoms with E-state index < -0.39 is 18.3 Å². The van der Waals surface area contributed by atoms with Gasteiger partial charge in [-0.05, 0) is 52.0 Å². The molecule has 1 amide bonds. The minimum Gasteiger partial charge on any atom is -0.398 e. The van der Waals surface area contributed by atoms with Crippen molar-refractivity contribution in [1.29, 1.82) is 0 Å². The summed E-state index contributed by atoms with van der Waals surface area (Å²) in [5, 5.41) is 2.76. The molecule has 1 heterocycles. The molecule has 1 aliphatic carbocycles. The largest absolute Gasteiger partial charge is 0.525 e. The third-order valence-electron chi connectivity index (χ3n) is 4.51. The number of carbonyl (C=O) groups excluding carboxylic acids is 1. The molecule has 0 aromatic rings. The average Bonchev–Trinajstić information content (AvgIpc) is 2.45. The zero-order valence-electron chi connectivity index (χ0n) is 12.9. The Morgan fingerprint density at radius 3 is 2.25 bits per heavy atom. The predicted molar refractivity (Wildman–Crippen MR) is 75.6 cm³/mol. The summed E-state index contributed by atoms with van der Waals surface area (Å²) in [7, 11) is -0.892. The van der Waals surface area contributed by atoms with Gasteiger partial charge in [0.1, 0.15) is 5.73 Å². The second kappa shape index (κ2) is 5.15. The molecule has 6 heteroatoms. The summed E-state index contributed by atoms with van der Waals surface area (Å²) in [5.74, 6) is 0.274. The number of allylic oxidation sites excluding steroid dienone is 1. The van der Waals surface area contributed by atoms with Gasteiger partial charge in [-0.3, -0.25) is 4.79 Å². The Balaban J connectivity index is 1.92. The second-order valence-electron chi connectivity index (χ2n) is 6.75. The highest BCUT2D eigenvalue weighted by molar-refractivity contribution is 6.53. The van der Waals surface area contributed by atoms with Crippen LogP contribution in [0.2, 0.25) is 0 Å². The molecule has 1 saturated carbocycles. The second-order valence-corrected chi connectivity index (χ2v) is 6.75. The predicted octanol–water partition coefficient (Wildman–Crippen LogP) is 2.39. The highest BCUT2D eigenvalue weighted by Gasteiger charge is 2.54. The van der Waals surface area contributed by atoms with E-state index in [9.17, 15) is 9.18 Å². The van der Waals surface area contributed by atoms with Crippen LogP contribution >= 0.6 is 0 Å². The SMILES string of the molecule is CC(=O)NCC1CC(=C(F)B2OC(C)(C)C(C)(C)O2)C1. The Labute approximate surface area is 120 Å². The standard InChI is InChI=1S/C14H23BFNO3/c1-9(18)17-8-10-6-11(7-10)12(16)15-19-13(2,3)14(4,5)20-15/h10H,6-8H2,1-5H3,(H,17,18). The summed E-state index contributed by atoms with van der Waals surface area (Å²) < 4.78 is 25.7. The Hall–Kier alpha value is -0.875. The van der Waals surface area contributed by atoms with E-state index in [1.165, 1.54) is 6.92 Å². The van der Waals surface area contributed by atoms with Crippen LogP contribution in [-0.2, 0) is 14.1 Å². The first-order chi connectivity index (χ1) is 9.12. The molecule has 1 saturated heterocycles. The maximum Gasteiger partial charge on any atom is 0.525 e. The molecule has 2 aliphatic rings. The Morgan fingerprint density at radius 2 is 1.80 bits per heavy atom. The lowest BCUT2D eigenvalue weighted by Gasteiger charge is -2.32. The number of rotatable bonds is 3. The van der Waals surface area contributed by atoms with Crippen molar-refractivity contribution in [3.63, 3.8) is 0 Å². The molecule has 20 heavy (non-hydrogen) atoms. The minimum atomic E-state index is -0.892. The van der Waals surface area contributed by atoms with Crippen LogP contribution in [-0.4, -0.2) is 30.8 Å². The molecule has 112 valence electrons. The van der Waals surface area contributed by atoms with Crippen LogP contribution in [0, 0.1) is 5.92 Å². The molecule has 1 N–H and O–H groups in total. The lowest BCUT2D eigenvalue weighted by atomic mass is 9.72. The van der Waals surface area contributed by atoms with Crippen molar-refractivity contribution < 1.29 is 18.5 Å². The highest BCUT2D eigenvalue weighted by atomic mass is 19.1. The monoisotopic (exact) mass is 283 g/mol. The van der Waals surface area contributed by atoms with E-state index in [4.69, 9.17) is 9.31 Å². The molecule has 0 aromatic heterocycles. The minimum absolute atomic E-state index is 0.0474. The van der Waals surface area contributed by atoms with Gasteiger partial charge in [0.15, 0.2) is 0 Å². The molecule has 1 aliphatic heterocycles. The molecule has 2 rings (SSSR count). The van der Waals surface area contributed by atoms with Crippen LogP contribution in [0.4, 0.5) is 4.39 Å². The first-order valence-electron chi connectivity index (χ1n) is 7.10. The van der Waals surface area contributed by atoms with Crippen molar-refractivity contribution in [1.82, 2.24) is 5.32 Å². The zero-order valence-corrected chi connectivity index (χ0v) is 12.9. The van der Waals surface area contributed by atoms with E-state index in [1.54, 1.807) is 0 Å². The van der Waals surface area contributed by atoms with E-state index in [-0.39, 0.29) is 11.6 Å². The van der Waals surface area contributed by atoms with Gasteiger partial charge < -0.3 is 14.6 Å². The number of nitrogens with one attached hydrogen (secondary N) is 1. The maximum atomic E-state index is 14.4. The average molecular weight is 283 g/mol. The van der Waals surface area contributed by atoms with Gasteiger partial charge in [0, 0.05) is 13.5 Å². The molecule has 0 spiro atoms. The van der Waals surface area contributed by atoms with Gasteiger partial charge in [0.05, 0.1) is 11.2 Å². The number of carbonyl (C=O) groups is 1. The lowest BCUT2D eigenvalue weighted by Crippen LogP contribution is -2.41. The molecule has 2 fully saturated rings. The van der Waals surface area contributed by atoms with Gasteiger partial charge in [0.25, 0.3) is 0 Å². The normalized spacial score (nSPS) is 27.2. The molecular weight excluding hydrogens is 260 g/mol. The van der Waals surface area contributed by atoms with Crippen molar-refractivity contribution in [2.24, 2.45) is 5.92 Å². The third kappa shape index (κ3) is 2.91. The van der Waals surface area contributed by atoms with E-state index in [2.05, 4.69) is 5.32 Å². The molecule has 0 bridgehead atoms. The summed E-state index contributed by atoms with van der Waals surface area (Å²) in [6.07, 6.45) is 1.33. The van der Waals surface area contributed by atoms with Crippen LogP contribution in [0.1, 0.15) is 47.5 Å². The summed E-state index contributed by atoms with van der Waals surface area (Å²) in [6.45, 7) is 9.73. The molecule has 0 unspecified atom stereocenters. The fraction of sp³-hybridized carbons (Fsp3) is 0.786. The van der Waals surface area contributed by atoms with Gasteiger partial charge in [-0.1, -0.05) is 0 Å². The molecule has 0 aromatic carbocycles. The number of amides is 1. The number of hydrogen-bond donors (Lipinski definition) is 1. The van der Waals surface area contributed by atoms with Crippen LogP contribution in [0.5, 0.6) is 0 Å². The molecule has 0 radical (unpaired) electrons. The fourth-order valence-corrected chi connectivity index (χ4v) is 2.38. The van der Waals surface area contributed by atoms with Crippen LogP contribution in [0.3, 0.4) is 0 Å². The molecule has 0 atom stereocenters. The van der Waals surface area contributed by atoms with Gasteiger partial charge in [-0.25, -0.2) is 4.39 Å². The van der Waals surface area contributed by atoms with Gasteiger partial charge in [0.2, 0.25) is 5.91 Å². The Kier molecular flexibility index (Phi) is 3.99. The Bertz CT molecular complexity index is 424. The van der Waals surface area contributed by atoms with Crippen molar-refractivity contribution in [2.75, 3.05) is 6.54 Å². The summed E-state index contributed by atoms with van der Waals surface area (Å²) in [6, 6.07) is 0.